The van der Waals surface area contributed by atoms with Crippen molar-refractivity contribution in [1.29, 1.82) is 0 Å². The van der Waals surface area contributed by atoms with Crippen LogP contribution in [0.5, 0.6) is 0 Å². The van der Waals surface area contributed by atoms with E-state index < -0.39 is 0 Å². The lowest BCUT2D eigenvalue weighted by Crippen LogP contribution is -2.02. The molecule has 2 aromatic rings. The van der Waals surface area contributed by atoms with Crippen molar-refractivity contribution in [1.82, 2.24) is 4.98 Å². The van der Waals surface area contributed by atoms with Gasteiger partial charge in [0.15, 0.2) is 0 Å². The maximum Gasteiger partial charge on any atom is 0.0758 e. The fourth-order valence-electron chi connectivity index (χ4n) is 2.41. The van der Waals surface area contributed by atoms with E-state index in [0.717, 1.165) is 28.5 Å². The third kappa shape index (κ3) is 3.08. The van der Waals surface area contributed by atoms with Gasteiger partial charge in [-0.05, 0) is 42.5 Å². The first-order valence-electron chi connectivity index (χ1n) is 6.85. The summed E-state index contributed by atoms with van der Waals surface area (Å²) in [6.07, 6.45) is 2.01. The highest BCUT2D eigenvalue weighted by Crippen LogP contribution is 2.30. The molecule has 0 unspecified atom stereocenters. The quantitative estimate of drug-likeness (QED) is 0.875. The minimum absolute atomic E-state index is 0.621. The molecule has 0 radical (unpaired) electrons. The average molecular weight is 321 g/mol. The first kappa shape index (κ1) is 14.3. The molecule has 1 N–H and O–H groups in total. The highest BCUT2D eigenvalue weighted by atomic mass is 79.9. The molecule has 0 bridgehead atoms. The Morgan fingerprint density at radius 2 is 2.00 bits per heavy atom. The van der Waals surface area contributed by atoms with Crippen molar-refractivity contribution < 1.29 is 0 Å². The molecule has 0 spiro atoms. The zero-order valence-electron chi connectivity index (χ0n) is 12.0. The van der Waals surface area contributed by atoms with E-state index in [1.807, 2.05) is 7.05 Å². The SMILES string of the molecule is CCc1cc(Br)cc2c(NC)cc(CC(C)C)nc12. The number of benzene rings is 1. The molecule has 1 aromatic heterocycles. The number of rotatable bonds is 4. The van der Waals surface area contributed by atoms with Crippen LogP contribution in [0.2, 0.25) is 0 Å². The van der Waals surface area contributed by atoms with Crippen LogP contribution in [-0.4, -0.2) is 12.0 Å². The Morgan fingerprint density at radius 1 is 1.26 bits per heavy atom. The zero-order chi connectivity index (χ0) is 14.0. The van der Waals surface area contributed by atoms with Gasteiger partial charge in [-0.1, -0.05) is 36.7 Å². The largest absolute Gasteiger partial charge is 0.388 e. The van der Waals surface area contributed by atoms with Gasteiger partial charge in [0.1, 0.15) is 0 Å². The lowest BCUT2D eigenvalue weighted by atomic mass is 10.0. The lowest BCUT2D eigenvalue weighted by Gasteiger charge is -2.13. The first-order valence-corrected chi connectivity index (χ1v) is 7.64. The number of nitrogens with zero attached hydrogens (tertiary/aromatic N) is 1. The van der Waals surface area contributed by atoms with Crippen molar-refractivity contribution in [2.75, 3.05) is 12.4 Å². The van der Waals surface area contributed by atoms with Crippen molar-refractivity contribution in [3.63, 3.8) is 0 Å². The van der Waals surface area contributed by atoms with Gasteiger partial charge in [0.05, 0.1) is 5.52 Å². The van der Waals surface area contributed by atoms with Crippen molar-refractivity contribution >= 4 is 32.5 Å². The molecule has 0 fully saturated rings. The number of hydrogen-bond acceptors (Lipinski definition) is 2. The van der Waals surface area contributed by atoms with Crippen LogP contribution in [0.25, 0.3) is 10.9 Å². The normalized spacial score (nSPS) is 11.3. The number of anilines is 1. The molecule has 0 saturated carbocycles. The van der Waals surface area contributed by atoms with E-state index in [-0.39, 0.29) is 0 Å². The summed E-state index contributed by atoms with van der Waals surface area (Å²) in [5.41, 5.74) is 4.76. The van der Waals surface area contributed by atoms with E-state index in [1.165, 1.54) is 16.6 Å². The van der Waals surface area contributed by atoms with Crippen molar-refractivity contribution in [3.8, 4) is 0 Å². The van der Waals surface area contributed by atoms with Crippen LogP contribution in [-0.2, 0) is 12.8 Å². The van der Waals surface area contributed by atoms with Gasteiger partial charge < -0.3 is 5.32 Å². The average Bonchev–Trinajstić information content (AvgIpc) is 2.36. The van der Waals surface area contributed by atoms with E-state index in [9.17, 15) is 0 Å². The molecule has 2 rings (SSSR count). The van der Waals surface area contributed by atoms with Gasteiger partial charge in [0.2, 0.25) is 0 Å². The fourth-order valence-corrected chi connectivity index (χ4v) is 2.92. The van der Waals surface area contributed by atoms with Crippen LogP contribution in [0.15, 0.2) is 22.7 Å². The second kappa shape index (κ2) is 5.91. The molecule has 0 atom stereocenters. The Morgan fingerprint density at radius 3 is 2.58 bits per heavy atom. The van der Waals surface area contributed by atoms with Crippen LogP contribution in [0.1, 0.15) is 32.0 Å². The molecule has 102 valence electrons. The molecular formula is C16H21BrN2. The van der Waals surface area contributed by atoms with Crippen molar-refractivity contribution in [2.24, 2.45) is 5.92 Å². The Balaban J connectivity index is 2.69. The zero-order valence-corrected chi connectivity index (χ0v) is 13.6. The van der Waals surface area contributed by atoms with E-state index in [1.54, 1.807) is 0 Å². The van der Waals surface area contributed by atoms with Crippen LogP contribution in [0.4, 0.5) is 5.69 Å². The molecule has 0 amide bonds. The molecule has 0 aliphatic carbocycles. The van der Waals surface area contributed by atoms with Gasteiger partial charge in [-0.25, -0.2) is 0 Å². The van der Waals surface area contributed by atoms with Crippen LogP contribution in [0, 0.1) is 5.92 Å². The first-order chi connectivity index (χ1) is 9.05. The number of halogens is 1. The lowest BCUT2D eigenvalue weighted by molar-refractivity contribution is 0.637. The summed E-state index contributed by atoms with van der Waals surface area (Å²) in [4.78, 5) is 4.88. The third-order valence-electron chi connectivity index (χ3n) is 3.28. The van der Waals surface area contributed by atoms with Gasteiger partial charge in [-0.2, -0.15) is 0 Å². The highest BCUT2D eigenvalue weighted by Gasteiger charge is 2.10. The van der Waals surface area contributed by atoms with Crippen LogP contribution in [0.3, 0.4) is 0 Å². The number of aromatic nitrogens is 1. The standard InChI is InChI=1S/C16H21BrN2/c1-5-11-7-12(17)8-14-15(18-4)9-13(6-10(2)3)19-16(11)14/h7-10H,5-6H2,1-4H3,(H,18,19). The summed E-state index contributed by atoms with van der Waals surface area (Å²) in [5.74, 6) is 0.621. The van der Waals surface area contributed by atoms with Crippen LogP contribution < -0.4 is 5.32 Å². The molecule has 1 aromatic carbocycles. The van der Waals surface area contributed by atoms with Crippen molar-refractivity contribution in [3.05, 3.63) is 33.9 Å². The molecule has 2 nitrogen and oxygen atoms in total. The van der Waals surface area contributed by atoms with Gasteiger partial charge in [0.25, 0.3) is 0 Å². The molecule has 0 aliphatic rings. The van der Waals surface area contributed by atoms with Gasteiger partial charge in [-0.3, -0.25) is 4.98 Å². The molecular weight excluding hydrogens is 300 g/mol. The summed E-state index contributed by atoms with van der Waals surface area (Å²) in [6.45, 7) is 6.64. The second-order valence-corrected chi connectivity index (χ2v) is 6.24. The Labute approximate surface area is 123 Å². The van der Waals surface area contributed by atoms with Crippen LogP contribution >= 0.6 is 15.9 Å². The van der Waals surface area contributed by atoms with E-state index >= 15 is 0 Å². The third-order valence-corrected chi connectivity index (χ3v) is 3.74. The molecule has 3 heteroatoms. The number of aryl methyl sites for hydroxylation is 1. The molecule has 19 heavy (non-hydrogen) atoms. The monoisotopic (exact) mass is 320 g/mol. The van der Waals surface area contributed by atoms with Gasteiger partial charge in [-0.15, -0.1) is 0 Å². The van der Waals surface area contributed by atoms with Crippen molar-refractivity contribution in [2.45, 2.75) is 33.6 Å². The maximum absolute atomic E-state index is 4.88. The van der Waals surface area contributed by atoms with E-state index in [4.69, 9.17) is 4.98 Å². The summed E-state index contributed by atoms with van der Waals surface area (Å²) in [7, 11) is 1.97. The summed E-state index contributed by atoms with van der Waals surface area (Å²) < 4.78 is 1.12. The minimum Gasteiger partial charge on any atom is -0.388 e. The Bertz CT molecular complexity index is 591. The number of hydrogen-bond donors (Lipinski definition) is 1. The Kier molecular flexibility index (Phi) is 4.46. The van der Waals surface area contributed by atoms with Gasteiger partial charge >= 0.3 is 0 Å². The highest BCUT2D eigenvalue weighted by molar-refractivity contribution is 9.10. The summed E-state index contributed by atoms with van der Waals surface area (Å²) in [6, 6.07) is 6.49. The summed E-state index contributed by atoms with van der Waals surface area (Å²) in [5, 5.41) is 4.50. The summed E-state index contributed by atoms with van der Waals surface area (Å²) >= 11 is 3.59. The van der Waals surface area contributed by atoms with Gasteiger partial charge in [0, 0.05) is 28.3 Å². The number of nitrogens with one attached hydrogen (secondary N) is 1. The molecule has 1 heterocycles. The van der Waals surface area contributed by atoms with E-state index in [0.29, 0.717) is 5.92 Å². The van der Waals surface area contributed by atoms with E-state index in [2.05, 4.69) is 60.2 Å². The fraction of sp³-hybridized carbons (Fsp3) is 0.438. The predicted molar refractivity (Wildman–Crippen MR) is 86.9 cm³/mol. The minimum atomic E-state index is 0.621. The second-order valence-electron chi connectivity index (χ2n) is 5.32. The predicted octanol–water partition coefficient (Wildman–Crippen LogP) is 4.80. The topological polar surface area (TPSA) is 24.9 Å². The Hall–Kier alpha value is -1.09. The smallest absolute Gasteiger partial charge is 0.0758 e. The molecule has 0 saturated heterocycles. The maximum atomic E-state index is 4.88. The number of pyridine rings is 1. The number of fused-ring (bicyclic) bond motifs is 1. The molecule has 0 aliphatic heterocycles.